The van der Waals surface area contributed by atoms with Crippen LogP contribution in [0.5, 0.6) is 17.6 Å². The first-order chi connectivity index (χ1) is 29.4. The van der Waals surface area contributed by atoms with Crippen LogP contribution in [0.4, 0.5) is 14.6 Å². The average Bonchev–Trinajstić information content (AvgIpc) is 4.03. The van der Waals surface area contributed by atoms with Gasteiger partial charge in [0.2, 0.25) is 11.8 Å². The molecule has 2 aromatic heterocycles. The summed E-state index contributed by atoms with van der Waals surface area (Å²) in [4.78, 5) is 33.7. The summed E-state index contributed by atoms with van der Waals surface area (Å²) < 4.78 is 50.9. The number of aliphatic hydroxyl groups is 1. The number of ether oxygens (including phenoxy) is 3. The van der Waals surface area contributed by atoms with Gasteiger partial charge in [0.05, 0.1) is 39.0 Å². The molecular formula is C47H54F2N6O6. The third-order valence-corrected chi connectivity index (χ3v) is 14.8. The highest BCUT2D eigenvalue weighted by molar-refractivity contribution is 6.04. The number of β-amino-alcohol motifs (C(OH)–C–C–N with tert-alkyl or cyclic N) is 1. The van der Waals surface area contributed by atoms with E-state index in [1.54, 1.807) is 6.92 Å². The highest BCUT2D eigenvalue weighted by Gasteiger charge is 2.55. The molecule has 61 heavy (non-hydrogen) atoms. The van der Waals surface area contributed by atoms with E-state index < -0.39 is 17.2 Å². The van der Waals surface area contributed by atoms with E-state index in [0.717, 1.165) is 77.4 Å². The minimum atomic E-state index is -1.25. The number of likely N-dealkylation sites (tertiary alicyclic amines) is 2. The predicted octanol–water partition coefficient (Wildman–Crippen LogP) is 6.60. The Balaban J connectivity index is 0.989. The third-order valence-electron chi connectivity index (χ3n) is 14.8. The Hall–Kier alpha value is -4.84. The Kier molecular flexibility index (Phi) is 10.0. The highest BCUT2D eigenvalue weighted by Crippen LogP contribution is 2.56. The number of halogens is 2. The zero-order chi connectivity index (χ0) is 42.3. The van der Waals surface area contributed by atoms with Crippen LogP contribution in [0.1, 0.15) is 83.1 Å². The van der Waals surface area contributed by atoms with Crippen LogP contribution in [0.15, 0.2) is 24.3 Å². The number of piperidine rings is 2. The van der Waals surface area contributed by atoms with Crippen molar-refractivity contribution in [2.75, 3.05) is 64.6 Å². The Labute approximate surface area is 354 Å². The molecule has 1 spiro atoms. The molecule has 3 atom stereocenters. The molecule has 12 nitrogen and oxygen atoms in total. The second kappa shape index (κ2) is 15.2. The van der Waals surface area contributed by atoms with Gasteiger partial charge in [-0.1, -0.05) is 18.4 Å². The van der Waals surface area contributed by atoms with Crippen LogP contribution in [0, 0.1) is 40.7 Å². The number of methoxy groups -OCH3 is 1. The number of phenols is 1. The number of pyridine rings is 1. The van der Waals surface area contributed by atoms with Crippen molar-refractivity contribution in [3.63, 3.8) is 0 Å². The van der Waals surface area contributed by atoms with E-state index in [1.807, 2.05) is 4.90 Å². The SMILES string of the molecule is C#Cc1c(F)ccc2cc(O)cc(-c3nc(OC)c4c(N5CCOCC(C)(O)C5)nc(OCC56CCCC5N(C5CC7(CCN(C(=O)C8CC8)CC7)C5)CCC6)nc4c3F)c12. The fourth-order valence-corrected chi connectivity index (χ4v) is 11.6. The normalized spacial score (nSPS) is 26.9. The van der Waals surface area contributed by atoms with Crippen molar-refractivity contribution in [1.82, 2.24) is 24.8 Å². The van der Waals surface area contributed by atoms with Gasteiger partial charge in [-0.3, -0.25) is 9.69 Å². The van der Waals surface area contributed by atoms with Crippen molar-refractivity contribution in [2.45, 2.75) is 95.2 Å². The highest BCUT2D eigenvalue weighted by atomic mass is 19.1. The molecule has 2 aromatic carbocycles. The van der Waals surface area contributed by atoms with Crippen LogP contribution in [-0.2, 0) is 9.53 Å². The molecule has 0 radical (unpaired) electrons. The number of nitrogens with zero attached hydrogens (tertiary/aromatic N) is 6. The zero-order valence-electron chi connectivity index (χ0n) is 35.0. The van der Waals surface area contributed by atoms with E-state index in [4.69, 9.17) is 30.6 Å². The van der Waals surface area contributed by atoms with E-state index >= 15 is 8.78 Å². The first-order valence-electron chi connectivity index (χ1n) is 22.0. The average molecular weight is 837 g/mol. The quantitative estimate of drug-likeness (QED) is 0.186. The van der Waals surface area contributed by atoms with Crippen LogP contribution in [0.25, 0.3) is 32.9 Å². The number of fused-ring (bicyclic) bond motifs is 3. The number of anilines is 1. The number of carbonyl (C=O) groups is 1. The van der Waals surface area contributed by atoms with Crippen molar-refractivity contribution in [3.8, 4) is 41.2 Å². The van der Waals surface area contributed by atoms with Gasteiger partial charge in [-0.15, -0.1) is 6.42 Å². The van der Waals surface area contributed by atoms with Crippen LogP contribution in [0.2, 0.25) is 0 Å². The van der Waals surface area contributed by atoms with E-state index in [2.05, 4.69) is 20.7 Å². The molecule has 3 saturated carbocycles. The number of hydrogen-bond donors (Lipinski definition) is 2. The van der Waals surface area contributed by atoms with Gasteiger partial charge in [-0.2, -0.15) is 9.97 Å². The summed E-state index contributed by atoms with van der Waals surface area (Å²) in [6.07, 6.45) is 17.7. The van der Waals surface area contributed by atoms with Crippen LogP contribution in [-0.4, -0.2) is 118 Å². The van der Waals surface area contributed by atoms with Crippen molar-refractivity contribution < 1.29 is 38.0 Å². The smallest absolute Gasteiger partial charge is 0.319 e. The molecule has 3 aliphatic heterocycles. The summed E-state index contributed by atoms with van der Waals surface area (Å²) in [5, 5.41) is 22.8. The standard InChI is InChI=1S/C47H54F2N6O6/c1-4-32-34(48)11-10-29-21-31(56)22-33(36(29)32)39-38(49)40-37(42(50-39)59-3)41(54-19-20-60-26-45(2,58)25-54)52-44(51-40)61-27-47-12-5-7-35(47)55(16-6-13-47)30-23-46(24-30)14-17-53(18-15-46)43(57)28-8-9-28/h1,10-11,21-22,28,30,35,56,58H,5-9,12-20,23-27H2,2-3H3. The first kappa shape index (κ1) is 40.2. The largest absolute Gasteiger partial charge is 0.508 e. The van der Waals surface area contributed by atoms with E-state index in [0.29, 0.717) is 41.9 Å². The van der Waals surface area contributed by atoms with Gasteiger partial charge in [0, 0.05) is 54.0 Å². The summed E-state index contributed by atoms with van der Waals surface area (Å²) in [6, 6.07) is 6.25. The molecule has 0 bridgehead atoms. The van der Waals surface area contributed by atoms with Gasteiger partial charge in [0.15, 0.2) is 5.82 Å². The lowest BCUT2D eigenvalue weighted by Gasteiger charge is -2.59. The number of terminal acetylenes is 1. The second-order valence-corrected chi connectivity index (χ2v) is 19.0. The van der Waals surface area contributed by atoms with Crippen LogP contribution in [0.3, 0.4) is 0 Å². The van der Waals surface area contributed by atoms with Crippen molar-refractivity contribution >= 4 is 33.4 Å². The van der Waals surface area contributed by atoms with Gasteiger partial charge in [-0.25, -0.2) is 13.8 Å². The van der Waals surface area contributed by atoms with E-state index in [-0.39, 0.29) is 87.7 Å². The fourth-order valence-electron chi connectivity index (χ4n) is 11.6. The molecule has 10 rings (SSSR count). The lowest BCUT2D eigenvalue weighted by Crippen LogP contribution is -2.62. The molecule has 4 aromatic rings. The second-order valence-electron chi connectivity index (χ2n) is 19.0. The Morgan fingerprint density at radius 2 is 1.80 bits per heavy atom. The molecule has 6 fully saturated rings. The van der Waals surface area contributed by atoms with Gasteiger partial charge in [0.25, 0.3) is 0 Å². The zero-order valence-corrected chi connectivity index (χ0v) is 35.0. The topological polar surface area (TPSA) is 134 Å². The number of amides is 1. The summed E-state index contributed by atoms with van der Waals surface area (Å²) in [7, 11) is 1.41. The minimum absolute atomic E-state index is 0.0104. The number of benzene rings is 2. The molecule has 3 unspecified atom stereocenters. The van der Waals surface area contributed by atoms with Crippen molar-refractivity contribution in [2.24, 2.45) is 16.7 Å². The molecular weight excluding hydrogens is 783 g/mol. The summed E-state index contributed by atoms with van der Waals surface area (Å²) in [5.41, 5.74) is -1.46. The van der Waals surface area contributed by atoms with E-state index in [9.17, 15) is 15.0 Å². The van der Waals surface area contributed by atoms with Gasteiger partial charge >= 0.3 is 6.01 Å². The number of carbonyl (C=O) groups excluding carboxylic acids is 1. The van der Waals surface area contributed by atoms with Gasteiger partial charge < -0.3 is 34.2 Å². The predicted molar refractivity (Wildman–Crippen MR) is 225 cm³/mol. The van der Waals surface area contributed by atoms with Crippen molar-refractivity contribution in [1.29, 1.82) is 0 Å². The summed E-state index contributed by atoms with van der Waals surface area (Å²) in [5.74, 6) is 1.58. The molecule has 14 heteroatoms. The minimum Gasteiger partial charge on any atom is -0.508 e. The van der Waals surface area contributed by atoms with Gasteiger partial charge in [-0.05, 0) is 107 Å². The van der Waals surface area contributed by atoms with Crippen LogP contribution >= 0.6 is 0 Å². The summed E-state index contributed by atoms with van der Waals surface area (Å²) in [6.45, 7) is 5.69. The third kappa shape index (κ3) is 7.10. The summed E-state index contributed by atoms with van der Waals surface area (Å²) >= 11 is 0. The first-order valence-corrected chi connectivity index (χ1v) is 22.0. The maximum Gasteiger partial charge on any atom is 0.319 e. The Morgan fingerprint density at radius 1 is 1.02 bits per heavy atom. The molecule has 5 heterocycles. The molecule has 3 aliphatic carbocycles. The lowest BCUT2D eigenvalue weighted by atomic mass is 9.59. The molecule has 322 valence electrons. The van der Waals surface area contributed by atoms with Crippen molar-refractivity contribution in [3.05, 3.63) is 41.5 Å². The maximum absolute atomic E-state index is 17.5. The molecule has 3 saturated heterocycles. The molecule has 2 N–H and O–H groups in total. The number of hydrogen-bond acceptors (Lipinski definition) is 11. The lowest BCUT2D eigenvalue weighted by molar-refractivity contribution is -0.139. The Bertz CT molecular complexity index is 2440. The monoisotopic (exact) mass is 836 g/mol. The van der Waals surface area contributed by atoms with Crippen LogP contribution < -0.4 is 14.4 Å². The van der Waals surface area contributed by atoms with E-state index in [1.165, 1.54) is 44.2 Å². The molecule has 6 aliphatic rings. The Morgan fingerprint density at radius 3 is 2.56 bits per heavy atom. The number of aromatic hydroxyl groups is 1. The number of phenolic OH excluding ortho intramolecular Hbond substituents is 1. The molecule has 1 amide bonds. The fraction of sp³-hybridized carbons (Fsp3) is 0.574. The van der Waals surface area contributed by atoms with Gasteiger partial charge in [0.1, 0.15) is 39.6 Å². The number of aromatic nitrogens is 3. The number of rotatable bonds is 8. The maximum atomic E-state index is 17.5.